The normalized spacial score (nSPS) is 15.5. The van der Waals surface area contributed by atoms with E-state index in [9.17, 15) is 19.6 Å². The molecule has 0 radical (unpaired) electrons. The molecule has 0 saturated heterocycles. The maximum Gasteiger partial charge on any atom is 0.355 e. The van der Waals surface area contributed by atoms with Gasteiger partial charge in [0.05, 0.1) is 50.0 Å². The summed E-state index contributed by atoms with van der Waals surface area (Å²) in [6.07, 6.45) is 0. The molecule has 0 fully saturated rings. The molecular formula is C24H20BrN3O6. The molecule has 1 heterocycles. The fourth-order valence-corrected chi connectivity index (χ4v) is 4.11. The number of halogens is 1. The Morgan fingerprint density at radius 2 is 1.59 bits per heavy atom. The standard InChI is InChI=1S/C24H20BrN3O6/c1-32-22(29)15-11-14(9-10-17(15)25)28-20(24(31)34-3)19(23(30)33-2)18(16(12-26)21(28)27)13-7-5-4-6-8-13/h4-11,18H,27H2,1-3H3. The zero-order chi connectivity index (χ0) is 25.0. The van der Waals surface area contributed by atoms with Crippen LogP contribution in [0.25, 0.3) is 0 Å². The van der Waals surface area contributed by atoms with Crippen LogP contribution in [-0.2, 0) is 23.8 Å². The predicted octanol–water partition coefficient (Wildman–Crippen LogP) is 3.13. The summed E-state index contributed by atoms with van der Waals surface area (Å²) in [6.45, 7) is 0. The number of hydrogen-bond acceptors (Lipinski definition) is 9. The van der Waals surface area contributed by atoms with Crippen molar-refractivity contribution in [3.05, 3.63) is 86.8 Å². The number of nitrogens with two attached hydrogens (primary N) is 1. The molecule has 0 aliphatic carbocycles. The maximum atomic E-state index is 13.0. The number of nitriles is 1. The third-order valence-corrected chi connectivity index (χ3v) is 5.92. The smallest absolute Gasteiger partial charge is 0.355 e. The number of carbonyl (C=O) groups is 3. The first-order valence-corrected chi connectivity index (χ1v) is 10.6. The van der Waals surface area contributed by atoms with Crippen LogP contribution in [-0.4, -0.2) is 39.2 Å². The fourth-order valence-electron chi connectivity index (χ4n) is 3.70. The number of allylic oxidation sites excluding steroid dienone is 1. The van der Waals surface area contributed by atoms with Crippen LogP contribution in [0.3, 0.4) is 0 Å². The number of nitrogens with zero attached hydrogens (tertiary/aromatic N) is 2. The highest BCUT2D eigenvalue weighted by Gasteiger charge is 2.43. The molecule has 9 nitrogen and oxygen atoms in total. The van der Waals surface area contributed by atoms with E-state index in [2.05, 4.69) is 22.0 Å². The molecule has 1 atom stereocenters. The van der Waals surface area contributed by atoms with Gasteiger partial charge in [0.15, 0.2) is 0 Å². The van der Waals surface area contributed by atoms with Crippen molar-refractivity contribution in [3.63, 3.8) is 0 Å². The molecule has 2 aromatic rings. The van der Waals surface area contributed by atoms with E-state index in [1.54, 1.807) is 42.5 Å². The summed E-state index contributed by atoms with van der Waals surface area (Å²) in [5.74, 6) is -3.47. The Kier molecular flexibility index (Phi) is 7.38. The monoisotopic (exact) mass is 525 g/mol. The van der Waals surface area contributed by atoms with Crippen molar-refractivity contribution in [3.8, 4) is 6.07 Å². The summed E-state index contributed by atoms with van der Waals surface area (Å²) >= 11 is 3.29. The van der Waals surface area contributed by atoms with Gasteiger partial charge in [-0.1, -0.05) is 30.3 Å². The van der Waals surface area contributed by atoms with E-state index in [0.29, 0.717) is 10.0 Å². The van der Waals surface area contributed by atoms with E-state index in [-0.39, 0.29) is 33.9 Å². The zero-order valence-electron chi connectivity index (χ0n) is 18.5. The van der Waals surface area contributed by atoms with Gasteiger partial charge in [0, 0.05) is 10.2 Å². The lowest BCUT2D eigenvalue weighted by Crippen LogP contribution is -2.40. The summed E-state index contributed by atoms with van der Waals surface area (Å²) in [6, 6.07) is 15.2. The second-order valence-corrected chi connectivity index (χ2v) is 7.85. The lowest BCUT2D eigenvalue weighted by atomic mass is 9.81. The van der Waals surface area contributed by atoms with E-state index < -0.39 is 23.8 Å². The van der Waals surface area contributed by atoms with Gasteiger partial charge in [-0.2, -0.15) is 5.26 Å². The van der Waals surface area contributed by atoms with E-state index in [0.717, 1.165) is 7.11 Å². The molecule has 10 heteroatoms. The third kappa shape index (κ3) is 4.25. The number of anilines is 1. The molecule has 1 unspecified atom stereocenters. The van der Waals surface area contributed by atoms with Gasteiger partial charge in [-0.3, -0.25) is 4.90 Å². The minimum atomic E-state index is -0.987. The molecule has 1 aliphatic heterocycles. The van der Waals surface area contributed by atoms with Gasteiger partial charge >= 0.3 is 17.9 Å². The number of hydrogen-bond donors (Lipinski definition) is 1. The molecule has 174 valence electrons. The SMILES string of the molecule is COC(=O)C1=C(C(=O)OC)N(c2ccc(Br)c(C(=O)OC)c2)C(N)=C(C#N)C1c1ccccc1. The lowest BCUT2D eigenvalue weighted by molar-refractivity contribution is -0.139. The highest BCUT2D eigenvalue weighted by atomic mass is 79.9. The lowest BCUT2D eigenvalue weighted by Gasteiger charge is -2.36. The fraction of sp³-hybridized carbons (Fsp3) is 0.167. The summed E-state index contributed by atoms with van der Waals surface area (Å²) < 4.78 is 15.2. The first-order valence-electron chi connectivity index (χ1n) is 9.84. The van der Waals surface area contributed by atoms with Crippen molar-refractivity contribution >= 4 is 39.5 Å². The van der Waals surface area contributed by atoms with Crippen LogP contribution < -0.4 is 10.6 Å². The third-order valence-electron chi connectivity index (χ3n) is 5.22. The van der Waals surface area contributed by atoms with Crippen LogP contribution in [0.2, 0.25) is 0 Å². The van der Waals surface area contributed by atoms with Crippen LogP contribution in [0, 0.1) is 11.3 Å². The highest BCUT2D eigenvalue weighted by Crippen LogP contribution is 2.43. The number of benzene rings is 2. The van der Waals surface area contributed by atoms with Crippen molar-refractivity contribution in [1.29, 1.82) is 5.26 Å². The molecule has 1 aliphatic rings. The van der Waals surface area contributed by atoms with Crippen LogP contribution in [0.1, 0.15) is 21.8 Å². The average Bonchev–Trinajstić information content (AvgIpc) is 2.87. The second-order valence-electron chi connectivity index (χ2n) is 6.99. The first-order chi connectivity index (χ1) is 16.3. The van der Waals surface area contributed by atoms with Crippen molar-refractivity contribution in [1.82, 2.24) is 0 Å². The van der Waals surface area contributed by atoms with Crippen LogP contribution in [0.5, 0.6) is 0 Å². The summed E-state index contributed by atoms with van der Waals surface area (Å²) in [7, 11) is 3.55. The molecule has 0 aromatic heterocycles. The van der Waals surface area contributed by atoms with Gasteiger partial charge < -0.3 is 19.9 Å². The topological polar surface area (TPSA) is 132 Å². The Labute approximate surface area is 204 Å². The van der Waals surface area contributed by atoms with Gasteiger partial charge in [-0.25, -0.2) is 14.4 Å². The maximum absolute atomic E-state index is 13.0. The average molecular weight is 526 g/mol. The van der Waals surface area contributed by atoms with Gasteiger partial charge in [0.1, 0.15) is 11.5 Å². The Balaban J connectivity index is 2.41. The van der Waals surface area contributed by atoms with E-state index >= 15 is 0 Å². The number of ether oxygens (including phenoxy) is 3. The molecule has 0 bridgehead atoms. The van der Waals surface area contributed by atoms with Crippen molar-refractivity contribution < 1.29 is 28.6 Å². The molecule has 2 aromatic carbocycles. The van der Waals surface area contributed by atoms with Gasteiger partial charge in [0.2, 0.25) is 0 Å². The molecule has 0 saturated carbocycles. The van der Waals surface area contributed by atoms with E-state index in [4.69, 9.17) is 19.9 Å². The largest absolute Gasteiger partial charge is 0.466 e. The second kappa shape index (κ2) is 10.2. The van der Waals surface area contributed by atoms with Crippen LogP contribution in [0.15, 0.2) is 75.7 Å². The Morgan fingerprint density at radius 1 is 0.971 bits per heavy atom. The summed E-state index contributed by atoms with van der Waals surface area (Å²) in [5.41, 5.74) is 7.00. The molecular weight excluding hydrogens is 506 g/mol. The van der Waals surface area contributed by atoms with Gasteiger partial charge in [-0.05, 0) is 39.7 Å². The minimum Gasteiger partial charge on any atom is -0.466 e. The molecule has 2 N–H and O–H groups in total. The highest BCUT2D eigenvalue weighted by molar-refractivity contribution is 9.10. The zero-order valence-corrected chi connectivity index (χ0v) is 20.1. The molecule has 0 amide bonds. The number of esters is 3. The summed E-state index contributed by atoms with van der Waals surface area (Å²) in [5, 5.41) is 10.1. The number of methoxy groups -OCH3 is 3. The van der Waals surface area contributed by atoms with Crippen LogP contribution >= 0.6 is 15.9 Å². The van der Waals surface area contributed by atoms with E-state index in [1.165, 1.54) is 25.2 Å². The summed E-state index contributed by atoms with van der Waals surface area (Å²) in [4.78, 5) is 39.5. The van der Waals surface area contributed by atoms with E-state index in [1.807, 2.05) is 0 Å². The predicted molar refractivity (Wildman–Crippen MR) is 125 cm³/mol. The van der Waals surface area contributed by atoms with Gasteiger partial charge in [-0.15, -0.1) is 0 Å². The first kappa shape index (κ1) is 24.5. The Morgan fingerprint density at radius 3 is 2.15 bits per heavy atom. The molecule has 3 rings (SSSR count). The molecule has 0 spiro atoms. The number of carbonyl (C=O) groups excluding carboxylic acids is 3. The van der Waals surface area contributed by atoms with Crippen molar-refractivity contribution in [2.24, 2.45) is 5.73 Å². The number of rotatable bonds is 5. The quantitative estimate of drug-likeness (QED) is 0.461. The van der Waals surface area contributed by atoms with Crippen molar-refractivity contribution in [2.45, 2.75) is 5.92 Å². The molecule has 34 heavy (non-hydrogen) atoms. The minimum absolute atomic E-state index is 0.0155. The van der Waals surface area contributed by atoms with Crippen molar-refractivity contribution in [2.75, 3.05) is 26.2 Å². The van der Waals surface area contributed by atoms with Crippen LogP contribution in [0.4, 0.5) is 5.69 Å². The Hall–Kier alpha value is -4.10. The Bertz CT molecular complexity index is 1260. The van der Waals surface area contributed by atoms with Gasteiger partial charge in [0.25, 0.3) is 0 Å².